The van der Waals surface area contributed by atoms with E-state index in [4.69, 9.17) is 14.6 Å². The lowest BCUT2D eigenvalue weighted by Crippen LogP contribution is -2.07. The average molecular weight is 414 g/mol. The van der Waals surface area contributed by atoms with Gasteiger partial charge in [0.05, 0.1) is 12.5 Å². The van der Waals surface area contributed by atoms with Crippen LogP contribution < -0.4 is 9.47 Å². The molecule has 0 bridgehead atoms. The number of halogens is 3. The Kier molecular flexibility index (Phi) is 5.35. The molecule has 0 radical (unpaired) electrons. The lowest BCUT2D eigenvalue weighted by Gasteiger charge is -2.11. The van der Waals surface area contributed by atoms with Gasteiger partial charge in [0.2, 0.25) is 0 Å². The van der Waals surface area contributed by atoms with Gasteiger partial charge in [0.1, 0.15) is 23.1 Å². The van der Waals surface area contributed by atoms with Gasteiger partial charge in [-0.2, -0.15) is 0 Å². The highest BCUT2D eigenvalue weighted by molar-refractivity contribution is 5.73. The molecule has 154 valence electrons. The van der Waals surface area contributed by atoms with Crippen LogP contribution in [0, 0.1) is 29.3 Å². The van der Waals surface area contributed by atoms with Crippen molar-refractivity contribution < 1.29 is 32.5 Å². The first-order valence-corrected chi connectivity index (χ1v) is 9.29. The average Bonchev–Trinajstić information content (AvgIpc) is 3.49. The smallest absolute Gasteiger partial charge is 0.306 e. The van der Waals surface area contributed by atoms with Crippen molar-refractivity contribution >= 4 is 5.97 Å². The molecule has 0 heterocycles. The summed E-state index contributed by atoms with van der Waals surface area (Å²) < 4.78 is 53.1. The van der Waals surface area contributed by atoms with Gasteiger partial charge in [0.25, 0.3) is 0 Å². The molecule has 30 heavy (non-hydrogen) atoms. The second kappa shape index (κ2) is 8.10. The number of rotatable bonds is 7. The predicted molar refractivity (Wildman–Crippen MR) is 103 cm³/mol. The summed E-state index contributed by atoms with van der Waals surface area (Å²) in [5.41, 5.74) is 0.388. The first-order chi connectivity index (χ1) is 14.4. The molecule has 3 aromatic carbocycles. The number of hydrogen-bond acceptors (Lipinski definition) is 3. The fraction of sp³-hybridized carbons (Fsp3) is 0.174. The van der Waals surface area contributed by atoms with Gasteiger partial charge in [-0.1, -0.05) is 12.1 Å². The molecule has 0 amide bonds. The number of ether oxygens (including phenoxy) is 2. The van der Waals surface area contributed by atoms with E-state index in [2.05, 4.69) is 0 Å². The minimum Gasteiger partial charge on any atom is -0.490 e. The Morgan fingerprint density at radius 3 is 2.47 bits per heavy atom. The first-order valence-electron chi connectivity index (χ1n) is 9.29. The van der Waals surface area contributed by atoms with Crippen molar-refractivity contribution in [2.45, 2.75) is 6.42 Å². The van der Waals surface area contributed by atoms with Gasteiger partial charge < -0.3 is 14.6 Å². The Labute approximate surface area is 170 Å². The van der Waals surface area contributed by atoms with Gasteiger partial charge in [-0.25, -0.2) is 13.2 Å². The van der Waals surface area contributed by atoms with Crippen molar-refractivity contribution in [2.75, 3.05) is 6.61 Å². The van der Waals surface area contributed by atoms with Crippen LogP contribution in [-0.4, -0.2) is 17.7 Å². The molecule has 1 N–H and O–H groups in total. The summed E-state index contributed by atoms with van der Waals surface area (Å²) in [5.74, 6) is -2.68. The fourth-order valence-electron chi connectivity index (χ4n) is 3.17. The van der Waals surface area contributed by atoms with Crippen LogP contribution >= 0.6 is 0 Å². The third-order valence-electron chi connectivity index (χ3n) is 4.91. The highest BCUT2D eigenvalue weighted by atomic mass is 19.1. The summed E-state index contributed by atoms with van der Waals surface area (Å²) in [7, 11) is 0. The van der Waals surface area contributed by atoms with E-state index >= 15 is 0 Å². The zero-order chi connectivity index (χ0) is 21.3. The lowest BCUT2D eigenvalue weighted by atomic mass is 10.0. The molecule has 0 aliphatic heterocycles. The molecule has 0 saturated heterocycles. The maximum atomic E-state index is 14.4. The summed E-state index contributed by atoms with van der Waals surface area (Å²) >= 11 is 0. The van der Waals surface area contributed by atoms with Crippen LogP contribution in [0.4, 0.5) is 13.2 Å². The fourth-order valence-corrected chi connectivity index (χ4v) is 3.17. The Hall–Kier alpha value is -3.48. The minimum atomic E-state index is -0.879. The number of aliphatic carboxylic acids is 1. The van der Waals surface area contributed by atoms with Crippen molar-refractivity contribution in [3.63, 3.8) is 0 Å². The van der Waals surface area contributed by atoms with Crippen molar-refractivity contribution in [3.05, 3.63) is 78.1 Å². The molecule has 1 aliphatic rings. The third-order valence-corrected chi connectivity index (χ3v) is 4.91. The largest absolute Gasteiger partial charge is 0.490 e. The molecule has 1 fully saturated rings. The molecule has 2 atom stereocenters. The maximum absolute atomic E-state index is 14.4. The van der Waals surface area contributed by atoms with E-state index in [1.54, 1.807) is 6.07 Å². The van der Waals surface area contributed by atoms with E-state index in [0.717, 1.165) is 6.07 Å². The van der Waals surface area contributed by atoms with Crippen LogP contribution in [-0.2, 0) is 4.79 Å². The molecule has 1 aliphatic carbocycles. The van der Waals surface area contributed by atoms with Crippen LogP contribution in [0.1, 0.15) is 6.42 Å². The molecule has 1 saturated carbocycles. The van der Waals surface area contributed by atoms with E-state index in [-0.39, 0.29) is 40.9 Å². The number of carbonyl (C=O) groups is 1. The maximum Gasteiger partial charge on any atom is 0.306 e. The quantitative estimate of drug-likeness (QED) is 0.542. The van der Waals surface area contributed by atoms with E-state index in [1.807, 2.05) is 0 Å². The topological polar surface area (TPSA) is 55.8 Å². The van der Waals surface area contributed by atoms with Gasteiger partial charge in [-0.15, -0.1) is 0 Å². The highest BCUT2D eigenvalue weighted by Crippen LogP contribution is 2.39. The van der Waals surface area contributed by atoms with Crippen LogP contribution in [0.5, 0.6) is 17.2 Å². The first kappa shape index (κ1) is 19.8. The normalized spacial score (nSPS) is 17.4. The van der Waals surface area contributed by atoms with Gasteiger partial charge in [-0.3, -0.25) is 4.79 Å². The second-order valence-electron chi connectivity index (χ2n) is 7.10. The molecule has 4 nitrogen and oxygen atoms in total. The number of benzene rings is 3. The molecule has 4 rings (SSSR count). The Bertz CT molecular complexity index is 1100. The summed E-state index contributed by atoms with van der Waals surface area (Å²) in [6.45, 7) is 0.110. The van der Waals surface area contributed by atoms with Gasteiger partial charge in [0, 0.05) is 17.5 Å². The highest BCUT2D eigenvalue weighted by Gasteiger charge is 2.43. The number of carboxylic acids is 1. The summed E-state index contributed by atoms with van der Waals surface area (Å²) in [6, 6.07) is 13.5. The van der Waals surface area contributed by atoms with Crippen molar-refractivity contribution in [3.8, 4) is 28.4 Å². The molecular weight excluding hydrogens is 397 g/mol. The summed E-state index contributed by atoms with van der Waals surface area (Å²) in [5, 5.41) is 8.90. The van der Waals surface area contributed by atoms with E-state index in [0.29, 0.717) is 6.42 Å². The van der Waals surface area contributed by atoms with Crippen LogP contribution in [0.2, 0.25) is 0 Å². The van der Waals surface area contributed by atoms with Gasteiger partial charge in [-0.05, 0) is 54.4 Å². The zero-order valence-corrected chi connectivity index (χ0v) is 15.6. The summed E-state index contributed by atoms with van der Waals surface area (Å²) in [6.07, 6.45) is 0.512. The third kappa shape index (κ3) is 4.40. The monoisotopic (exact) mass is 414 g/mol. The van der Waals surface area contributed by atoms with Crippen LogP contribution in [0.15, 0.2) is 60.7 Å². The van der Waals surface area contributed by atoms with Crippen LogP contribution in [0.25, 0.3) is 11.1 Å². The van der Waals surface area contributed by atoms with Crippen LogP contribution in [0.3, 0.4) is 0 Å². The Morgan fingerprint density at radius 2 is 1.77 bits per heavy atom. The predicted octanol–water partition coefficient (Wildman–Crippen LogP) is 5.66. The Balaban J connectivity index is 1.50. The van der Waals surface area contributed by atoms with E-state index in [9.17, 15) is 18.0 Å². The second-order valence-corrected chi connectivity index (χ2v) is 7.10. The molecule has 0 spiro atoms. The lowest BCUT2D eigenvalue weighted by molar-refractivity contribution is -0.138. The van der Waals surface area contributed by atoms with Crippen molar-refractivity contribution in [2.24, 2.45) is 11.8 Å². The SMILES string of the molecule is O=C(O)C1CC1COc1ccc(-c2cc(Oc3cccc(F)c3)ccc2F)cc1F. The minimum absolute atomic E-state index is 0.0256. The van der Waals surface area contributed by atoms with Gasteiger partial charge >= 0.3 is 5.97 Å². The molecule has 3 aromatic rings. The van der Waals surface area contributed by atoms with Gasteiger partial charge in [0.15, 0.2) is 11.6 Å². The molecule has 0 aromatic heterocycles. The van der Waals surface area contributed by atoms with Crippen molar-refractivity contribution in [1.29, 1.82) is 0 Å². The van der Waals surface area contributed by atoms with E-state index < -0.39 is 29.3 Å². The Morgan fingerprint density at radius 1 is 0.967 bits per heavy atom. The van der Waals surface area contributed by atoms with E-state index in [1.165, 1.54) is 48.5 Å². The molecule has 7 heteroatoms. The number of carboxylic acid groups (broad SMARTS) is 1. The standard InChI is InChI=1S/C23H17F3O4/c24-15-2-1-3-16(10-15)30-17-5-6-20(25)18(11-17)13-4-7-22(21(26)9-13)29-12-14-8-19(14)23(27)28/h1-7,9-11,14,19H,8,12H2,(H,27,28). The zero-order valence-electron chi connectivity index (χ0n) is 15.6. The number of hydrogen-bond donors (Lipinski definition) is 1. The molecular formula is C23H17F3O4. The summed E-state index contributed by atoms with van der Waals surface area (Å²) in [4.78, 5) is 10.8. The van der Waals surface area contributed by atoms with Crippen molar-refractivity contribution in [1.82, 2.24) is 0 Å². The molecule has 2 unspecified atom stereocenters.